The SMILES string of the molecule is Cc1cc(O[C@H](C)C(=O)Nc2ccc3c(c2)sc(=O)n3C)ccc1Cl. The van der Waals surface area contributed by atoms with Crippen molar-refractivity contribution in [2.45, 2.75) is 20.0 Å². The van der Waals surface area contributed by atoms with E-state index in [0.717, 1.165) is 27.1 Å². The number of halogens is 1. The van der Waals surface area contributed by atoms with Gasteiger partial charge in [-0.3, -0.25) is 9.59 Å². The predicted octanol–water partition coefficient (Wildman–Crippen LogP) is 3.97. The van der Waals surface area contributed by atoms with Crippen molar-refractivity contribution < 1.29 is 9.53 Å². The van der Waals surface area contributed by atoms with Crippen LogP contribution in [0, 0.1) is 6.92 Å². The summed E-state index contributed by atoms with van der Waals surface area (Å²) in [6, 6.07) is 10.6. The number of fused-ring (bicyclic) bond motifs is 1. The van der Waals surface area contributed by atoms with Crippen molar-refractivity contribution in [3.63, 3.8) is 0 Å². The van der Waals surface area contributed by atoms with Crippen molar-refractivity contribution in [2.24, 2.45) is 7.05 Å². The molecule has 0 fully saturated rings. The summed E-state index contributed by atoms with van der Waals surface area (Å²) >= 11 is 7.14. The highest BCUT2D eigenvalue weighted by molar-refractivity contribution is 7.16. The number of thiazole rings is 1. The molecule has 1 atom stereocenters. The Morgan fingerprint density at radius 1 is 1.28 bits per heavy atom. The molecular weight excluding hydrogens is 360 g/mol. The van der Waals surface area contributed by atoms with Gasteiger partial charge in [-0.2, -0.15) is 0 Å². The Bertz CT molecular complexity index is 1010. The van der Waals surface area contributed by atoms with Gasteiger partial charge in [-0.1, -0.05) is 22.9 Å². The number of nitrogens with one attached hydrogen (secondary N) is 1. The van der Waals surface area contributed by atoms with Crippen molar-refractivity contribution in [3.05, 3.63) is 56.7 Å². The van der Waals surface area contributed by atoms with Crippen LogP contribution >= 0.6 is 22.9 Å². The third-order valence-electron chi connectivity index (χ3n) is 3.87. The molecule has 25 heavy (non-hydrogen) atoms. The lowest BCUT2D eigenvalue weighted by Gasteiger charge is -2.15. The normalized spacial score (nSPS) is 12.2. The standard InChI is InChI=1S/C18H17ClN2O3S/c1-10-8-13(5-6-14(10)19)24-11(2)17(22)20-12-4-7-15-16(9-12)25-18(23)21(15)3/h4-9,11H,1-3H3,(H,20,22)/t11-/m1/s1. The molecule has 130 valence electrons. The van der Waals surface area contributed by atoms with E-state index >= 15 is 0 Å². The van der Waals surface area contributed by atoms with Crippen molar-refractivity contribution in [2.75, 3.05) is 5.32 Å². The number of carbonyl (C=O) groups excluding carboxylic acids is 1. The monoisotopic (exact) mass is 376 g/mol. The number of anilines is 1. The molecule has 7 heteroatoms. The van der Waals surface area contributed by atoms with Gasteiger partial charge in [0.25, 0.3) is 5.91 Å². The fraction of sp³-hybridized carbons (Fsp3) is 0.222. The molecule has 0 aliphatic heterocycles. The minimum Gasteiger partial charge on any atom is -0.481 e. The molecule has 1 aromatic heterocycles. The molecule has 0 aliphatic rings. The minimum absolute atomic E-state index is 0.0340. The Hall–Kier alpha value is -2.31. The maximum atomic E-state index is 12.4. The molecule has 0 unspecified atom stereocenters. The summed E-state index contributed by atoms with van der Waals surface area (Å²) in [6.45, 7) is 3.55. The second kappa shape index (κ2) is 6.90. The van der Waals surface area contributed by atoms with E-state index in [1.807, 2.05) is 13.0 Å². The third kappa shape index (κ3) is 3.70. The summed E-state index contributed by atoms with van der Waals surface area (Å²) in [7, 11) is 1.73. The number of amides is 1. The Labute approximate surface area is 153 Å². The molecule has 0 saturated carbocycles. The molecule has 0 aliphatic carbocycles. The number of carbonyl (C=O) groups is 1. The first-order chi connectivity index (χ1) is 11.8. The van der Waals surface area contributed by atoms with E-state index in [-0.39, 0.29) is 10.8 Å². The Morgan fingerprint density at radius 3 is 2.76 bits per heavy atom. The average molecular weight is 377 g/mol. The molecule has 1 amide bonds. The average Bonchev–Trinajstić information content (AvgIpc) is 2.85. The van der Waals surface area contributed by atoms with Gasteiger partial charge >= 0.3 is 4.87 Å². The highest BCUT2D eigenvalue weighted by Crippen LogP contribution is 2.23. The van der Waals surface area contributed by atoms with Crippen LogP contribution in [0.25, 0.3) is 10.2 Å². The predicted molar refractivity (Wildman–Crippen MR) is 102 cm³/mol. The number of aryl methyl sites for hydroxylation is 2. The van der Waals surface area contributed by atoms with Crippen molar-refractivity contribution >= 4 is 44.7 Å². The lowest BCUT2D eigenvalue weighted by atomic mass is 10.2. The number of rotatable bonds is 4. The Kier molecular flexibility index (Phi) is 4.83. The van der Waals surface area contributed by atoms with E-state index in [2.05, 4.69) is 5.32 Å². The molecule has 2 aromatic carbocycles. The molecule has 1 N–H and O–H groups in total. The van der Waals surface area contributed by atoms with Crippen LogP contribution in [-0.4, -0.2) is 16.6 Å². The van der Waals surface area contributed by atoms with Gasteiger partial charge in [0.2, 0.25) is 0 Å². The zero-order valence-corrected chi connectivity index (χ0v) is 15.6. The maximum absolute atomic E-state index is 12.4. The van der Waals surface area contributed by atoms with Crippen molar-refractivity contribution in [1.82, 2.24) is 4.57 Å². The van der Waals surface area contributed by atoms with Crippen molar-refractivity contribution in [1.29, 1.82) is 0 Å². The van der Waals surface area contributed by atoms with Gasteiger partial charge in [-0.15, -0.1) is 0 Å². The number of ether oxygens (including phenoxy) is 1. The van der Waals surface area contributed by atoms with Crippen LogP contribution in [0.1, 0.15) is 12.5 Å². The van der Waals surface area contributed by atoms with Crippen LogP contribution < -0.4 is 14.9 Å². The molecule has 0 radical (unpaired) electrons. The molecular formula is C18H17ClN2O3S. The van der Waals surface area contributed by atoms with Gasteiger partial charge in [-0.25, -0.2) is 0 Å². The van der Waals surface area contributed by atoms with Crippen LogP contribution in [0.4, 0.5) is 5.69 Å². The smallest absolute Gasteiger partial charge is 0.307 e. The first-order valence-electron chi connectivity index (χ1n) is 7.68. The Morgan fingerprint density at radius 2 is 2.04 bits per heavy atom. The first-order valence-corrected chi connectivity index (χ1v) is 8.88. The molecule has 5 nitrogen and oxygen atoms in total. The molecule has 3 rings (SSSR count). The number of hydrogen-bond acceptors (Lipinski definition) is 4. The summed E-state index contributed by atoms with van der Waals surface area (Å²) in [4.78, 5) is 24.0. The molecule has 0 spiro atoms. The van der Waals surface area contributed by atoms with E-state index < -0.39 is 6.10 Å². The third-order valence-corrected chi connectivity index (χ3v) is 5.29. The second-order valence-electron chi connectivity index (χ2n) is 5.77. The van der Waals surface area contributed by atoms with Gasteiger partial charge in [0, 0.05) is 17.8 Å². The zero-order valence-electron chi connectivity index (χ0n) is 14.0. The topological polar surface area (TPSA) is 60.3 Å². The van der Waals surface area contributed by atoms with E-state index in [1.165, 1.54) is 0 Å². The second-order valence-corrected chi connectivity index (χ2v) is 7.17. The van der Waals surface area contributed by atoms with Gasteiger partial charge in [0.15, 0.2) is 6.10 Å². The van der Waals surface area contributed by atoms with Gasteiger partial charge < -0.3 is 14.6 Å². The highest BCUT2D eigenvalue weighted by atomic mass is 35.5. The maximum Gasteiger partial charge on any atom is 0.307 e. The number of hydrogen-bond donors (Lipinski definition) is 1. The van der Waals surface area contributed by atoms with Gasteiger partial charge in [0.05, 0.1) is 10.2 Å². The number of benzene rings is 2. The quantitative estimate of drug-likeness (QED) is 0.749. The van der Waals surface area contributed by atoms with Gasteiger partial charge in [-0.05, 0) is 55.8 Å². The summed E-state index contributed by atoms with van der Waals surface area (Å²) in [5.74, 6) is 0.316. The van der Waals surface area contributed by atoms with Crippen LogP contribution in [-0.2, 0) is 11.8 Å². The van der Waals surface area contributed by atoms with Crippen LogP contribution in [0.15, 0.2) is 41.2 Å². The van der Waals surface area contributed by atoms with Crippen LogP contribution in [0.5, 0.6) is 5.75 Å². The van der Waals surface area contributed by atoms with Crippen molar-refractivity contribution in [3.8, 4) is 5.75 Å². The molecule has 1 heterocycles. The summed E-state index contributed by atoms with van der Waals surface area (Å²) in [6.07, 6.45) is -0.675. The minimum atomic E-state index is -0.675. The van der Waals surface area contributed by atoms with Gasteiger partial charge in [0.1, 0.15) is 5.75 Å². The summed E-state index contributed by atoms with van der Waals surface area (Å²) < 4.78 is 8.08. The van der Waals surface area contributed by atoms with Crippen LogP contribution in [0.2, 0.25) is 5.02 Å². The van der Waals surface area contributed by atoms with E-state index in [0.29, 0.717) is 16.5 Å². The molecule has 0 bridgehead atoms. The largest absolute Gasteiger partial charge is 0.481 e. The first kappa shape index (κ1) is 17.5. The fourth-order valence-electron chi connectivity index (χ4n) is 2.40. The lowest BCUT2D eigenvalue weighted by Crippen LogP contribution is -2.30. The molecule has 0 saturated heterocycles. The fourth-order valence-corrected chi connectivity index (χ4v) is 3.44. The van der Waals surface area contributed by atoms with Crippen LogP contribution in [0.3, 0.4) is 0 Å². The summed E-state index contributed by atoms with van der Waals surface area (Å²) in [5, 5.41) is 3.47. The Balaban J connectivity index is 1.72. The number of nitrogens with zero attached hydrogens (tertiary/aromatic N) is 1. The summed E-state index contributed by atoms with van der Waals surface area (Å²) in [5.41, 5.74) is 2.35. The van der Waals surface area contributed by atoms with E-state index in [1.54, 1.807) is 48.9 Å². The van der Waals surface area contributed by atoms with E-state index in [9.17, 15) is 9.59 Å². The highest BCUT2D eigenvalue weighted by Gasteiger charge is 2.16. The zero-order chi connectivity index (χ0) is 18.1. The lowest BCUT2D eigenvalue weighted by molar-refractivity contribution is -0.122. The molecule has 3 aromatic rings. The van der Waals surface area contributed by atoms with E-state index in [4.69, 9.17) is 16.3 Å². The number of aromatic nitrogens is 1.